The summed E-state index contributed by atoms with van der Waals surface area (Å²) >= 11 is 0. The molecule has 2 aromatic heterocycles. The molecule has 1 aliphatic rings. The third-order valence-corrected chi connectivity index (χ3v) is 3.10. The van der Waals surface area contributed by atoms with Crippen molar-refractivity contribution >= 4 is 5.65 Å². The van der Waals surface area contributed by atoms with Crippen LogP contribution in [0.2, 0.25) is 0 Å². The van der Waals surface area contributed by atoms with Crippen molar-refractivity contribution in [2.75, 3.05) is 6.54 Å². The molecule has 1 atom stereocenters. The molecule has 0 aromatic carbocycles. The van der Waals surface area contributed by atoms with Crippen LogP contribution in [-0.2, 0) is 6.42 Å². The summed E-state index contributed by atoms with van der Waals surface area (Å²) in [7, 11) is 0. The van der Waals surface area contributed by atoms with E-state index in [1.165, 1.54) is 12.8 Å². The van der Waals surface area contributed by atoms with E-state index in [2.05, 4.69) is 10.3 Å². The smallest absolute Gasteiger partial charge is 0.137 e. The van der Waals surface area contributed by atoms with E-state index in [9.17, 15) is 5.11 Å². The summed E-state index contributed by atoms with van der Waals surface area (Å²) < 4.78 is 1.87. The predicted octanol–water partition coefficient (Wildman–Crippen LogP) is 1.33. The highest BCUT2D eigenvalue weighted by molar-refractivity contribution is 5.42. The Morgan fingerprint density at radius 3 is 3.19 bits per heavy atom. The van der Waals surface area contributed by atoms with Gasteiger partial charge in [0.2, 0.25) is 0 Å². The maximum atomic E-state index is 9.36. The van der Waals surface area contributed by atoms with Crippen LogP contribution in [0.15, 0.2) is 24.5 Å². The molecule has 2 aromatic rings. The maximum absolute atomic E-state index is 9.36. The third kappa shape index (κ3) is 1.76. The molecule has 16 heavy (non-hydrogen) atoms. The van der Waals surface area contributed by atoms with Crippen LogP contribution in [0.1, 0.15) is 18.5 Å². The van der Waals surface area contributed by atoms with Crippen molar-refractivity contribution in [1.82, 2.24) is 14.7 Å². The first kappa shape index (κ1) is 9.66. The molecule has 1 saturated heterocycles. The Morgan fingerprint density at radius 1 is 1.44 bits per heavy atom. The van der Waals surface area contributed by atoms with Crippen molar-refractivity contribution in [3.05, 3.63) is 30.2 Å². The molecule has 4 nitrogen and oxygen atoms in total. The minimum absolute atomic E-state index is 0.274. The molecule has 84 valence electrons. The van der Waals surface area contributed by atoms with E-state index < -0.39 is 0 Å². The highest BCUT2D eigenvalue weighted by Gasteiger charge is 2.15. The topological polar surface area (TPSA) is 49.6 Å². The van der Waals surface area contributed by atoms with Crippen molar-refractivity contribution in [1.29, 1.82) is 0 Å². The fraction of sp³-hybridized carbons (Fsp3) is 0.417. The Labute approximate surface area is 93.9 Å². The standard InChI is InChI=1S/C12H15N3O/c16-11-3-4-12-14-10(7-15(12)8-11)6-9-2-1-5-13-9/h3-4,7-9,13,16H,1-2,5-6H2. The van der Waals surface area contributed by atoms with Crippen LogP contribution in [-0.4, -0.2) is 27.1 Å². The van der Waals surface area contributed by atoms with Crippen molar-refractivity contribution in [3.8, 4) is 5.75 Å². The summed E-state index contributed by atoms with van der Waals surface area (Å²) in [5, 5.41) is 12.8. The lowest BCUT2D eigenvalue weighted by Gasteiger charge is -2.06. The lowest BCUT2D eigenvalue weighted by Crippen LogP contribution is -2.23. The molecular formula is C12H15N3O. The highest BCUT2D eigenvalue weighted by Crippen LogP contribution is 2.15. The molecule has 2 N–H and O–H groups in total. The largest absolute Gasteiger partial charge is 0.506 e. The molecule has 1 aliphatic heterocycles. The van der Waals surface area contributed by atoms with Crippen molar-refractivity contribution < 1.29 is 5.11 Å². The Balaban J connectivity index is 1.86. The second-order valence-corrected chi connectivity index (χ2v) is 4.38. The van der Waals surface area contributed by atoms with Gasteiger partial charge >= 0.3 is 0 Å². The minimum Gasteiger partial charge on any atom is -0.506 e. The number of rotatable bonds is 2. The molecule has 1 unspecified atom stereocenters. The van der Waals surface area contributed by atoms with Crippen LogP contribution < -0.4 is 5.32 Å². The number of aromatic nitrogens is 2. The average Bonchev–Trinajstić information content (AvgIpc) is 2.86. The van der Waals surface area contributed by atoms with Gasteiger partial charge in [-0.3, -0.25) is 0 Å². The SMILES string of the molecule is Oc1ccc2nc(CC3CCCN3)cn2c1. The molecule has 0 bridgehead atoms. The Kier molecular flexibility index (Phi) is 2.29. The lowest BCUT2D eigenvalue weighted by molar-refractivity contribution is 0.472. The minimum atomic E-state index is 0.274. The van der Waals surface area contributed by atoms with Crippen molar-refractivity contribution in [3.63, 3.8) is 0 Å². The summed E-state index contributed by atoms with van der Waals surface area (Å²) in [6, 6.07) is 4.07. The van der Waals surface area contributed by atoms with E-state index >= 15 is 0 Å². The van der Waals surface area contributed by atoms with E-state index in [-0.39, 0.29) is 5.75 Å². The summed E-state index contributed by atoms with van der Waals surface area (Å²) in [6.45, 7) is 1.12. The molecule has 0 spiro atoms. The number of nitrogens with one attached hydrogen (secondary N) is 1. The first-order valence-electron chi connectivity index (χ1n) is 5.71. The van der Waals surface area contributed by atoms with Gasteiger partial charge in [-0.15, -0.1) is 0 Å². The van der Waals surface area contributed by atoms with Gasteiger partial charge in [-0.25, -0.2) is 4.98 Å². The Hall–Kier alpha value is -1.55. The van der Waals surface area contributed by atoms with Gasteiger partial charge < -0.3 is 14.8 Å². The van der Waals surface area contributed by atoms with E-state index in [0.717, 1.165) is 24.3 Å². The maximum Gasteiger partial charge on any atom is 0.137 e. The number of aromatic hydroxyl groups is 1. The van der Waals surface area contributed by atoms with Crippen LogP contribution in [0, 0.1) is 0 Å². The number of pyridine rings is 1. The second kappa shape index (κ2) is 3.79. The predicted molar refractivity (Wildman–Crippen MR) is 61.6 cm³/mol. The molecule has 1 fully saturated rings. The summed E-state index contributed by atoms with van der Waals surface area (Å²) in [6.07, 6.45) is 7.16. The van der Waals surface area contributed by atoms with Gasteiger partial charge in [0, 0.05) is 18.7 Å². The molecule has 0 radical (unpaired) electrons. The molecule has 3 heterocycles. The molecule has 3 rings (SSSR count). The zero-order valence-electron chi connectivity index (χ0n) is 9.06. The zero-order valence-corrected chi connectivity index (χ0v) is 9.06. The van der Waals surface area contributed by atoms with Crippen molar-refractivity contribution in [2.24, 2.45) is 0 Å². The quantitative estimate of drug-likeness (QED) is 0.798. The molecule has 0 aliphatic carbocycles. The number of fused-ring (bicyclic) bond motifs is 1. The normalized spacial score (nSPS) is 20.6. The van der Waals surface area contributed by atoms with E-state index in [1.54, 1.807) is 12.3 Å². The fourth-order valence-electron chi connectivity index (χ4n) is 2.31. The number of hydrogen-bond donors (Lipinski definition) is 2. The van der Waals surface area contributed by atoms with Gasteiger partial charge in [-0.2, -0.15) is 0 Å². The van der Waals surface area contributed by atoms with Gasteiger partial charge in [-0.1, -0.05) is 0 Å². The third-order valence-electron chi connectivity index (χ3n) is 3.10. The van der Waals surface area contributed by atoms with Gasteiger partial charge in [0.25, 0.3) is 0 Å². The fourth-order valence-corrected chi connectivity index (χ4v) is 2.31. The molecule has 0 saturated carbocycles. The highest BCUT2D eigenvalue weighted by atomic mass is 16.3. The Bertz CT molecular complexity index is 500. The lowest BCUT2D eigenvalue weighted by atomic mass is 10.1. The zero-order chi connectivity index (χ0) is 11.0. The van der Waals surface area contributed by atoms with E-state index in [0.29, 0.717) is 6.04 Å². The van der Waals surface area contributed by atoms with E-state index in [4.69, 9.17) is 0 Å². The molecule has 4 heteroatoms. The second-order valence-electron chi connectivity index (χ2n) is 4.38. The summed E-state index contributed by atoms with van der Waals surface area (Å²) in [4.78, 5) is 4.53. The van der Waals surface area contributed by atoms with Crippen LogP contribution in [0.3, 0.4) is 0 Å². The Morgan fingerprint density at radius 2 is 2.38 bits per heavy atom. The van der Waals surface area contributed by atoms with Crippen LogP contribution >= 0.6 is 0 Å². The number of imidazole rings is 1. The number of hydrogen-bond acceptors (Lipinski definition) is 3. The monoisotopic (exact) mass is 217 g/mol. The van der Waals surface area contributed by atoms with E-state index in [1.807, 2.05) is 16.7 Å². The number of nitrogens with zero attached hydrogens (tertiary/aromatic N) is 2. The van der Waals surface area contributed by atoms with Gasteiger partial charge in [0.05, 0.1) is 11.9 Å². The summed E-state index contributed by atoms with van der Waals surface area (Å²) in [5.74, 6) is 0.274. The summed E-state index contributed by atoms with van der Waals surface area (Å²) in [5.41, 5.74) is 1.98. The molecular weight excluding hydrogens is 202 g/mol. The van der Waals surface area contributed by atoms with Crippen LogP contribution in [0.25, 0.3) is 5.65 Å². The van der Waals surface area contributed by atoms with Gasteiger partial charge in [0.1, 0.15) is 11.4 Å². The van der Waals surface area contributed by atoms with Crippen LogP contribution in [0.4, 0.5) is 0 Å². The van der Waals surface area contributed by atoms with Crippen molar-refractivity contribution in [2.45, 2.75) is 25.3 Å². The van der Waals surface area contributed by atoms with Crippen LogP contribution in [0.5, 0.6) is 5.75 Å². The average molecular weight is 217 g/mol. The first-order chi connectivity index (χ1) is 7.81. The van der Waals surface area contributed by atoms with Gasteiger partial charge in [0.15, 0.2) is 0 Å². The first-order valence-corrected chi connectivity index (χ1v) is 5.71. The molecule has 0 amide bonds. The van der Waals surface area contributed by atoms with Gasteiger partial charge in [-0.05, 0) is 31.5 Å².